The van der Waals surface area contributed by atoms with E-state index in [1.165, 1.54) is 16.2 Å². The summed E-state index contributed by atoms with van der Waals surface area (Å²) in [5.41, 5.74) is 5.86. The number of hydrogen-bond acceptors (Lipinski definition) is 5. The number of morpholine rings is 1. The molecule has 1 saturated heterocycles. The maximum atomic E-state index is 12.2. The molecule has 0 saturated carbocycles. The van der Waals surface area contributed by atoms with Crippen molar-refractivity contribution >= 4 is 23.2 Å². The number of carboxylic acid groups (broad SMARTS) is 1. The summed E-state index contributed by atoms with van der Waals surface area (Å²) in [4.78, 5) is 25.3. The fourth-order valence-corrected chi connectivity index (χ4v) is 2.56. The maximum absolute atomic E-state index is 12.2. The maximum Gasteiger partial charge on any atom is 0.328 e. The summed E-state index contributed by atoms with van der Waals surface area (Å²) in [5.74, 6) is -1.44. The minimum Gasteiger partial charge on any atom is -0.480 e. The lowest BCUT2D eigenvalue weighted by Crippen LogP contribution is -2.54. The summed E-state index contributed by atoms with van der Waals surface area (Å²) in [5, 5.41) is 10.9. The van der Waals surface area contributed by atoms with Crippen LogP contribution in [0.25, 0.3) is 0 Å². The van der Waals surface area contributed by atoms with Crippen molar-refractivity contribution in [2.24, 2.45) is 5.73 Å². The SMILES string of the molecule is NC(C(=O)N1CCOCC1C(=O)O)c1cccs1. The fourth-order valence-electron chi connectivity index (χ4n) is 1.84. The molecular formula is C11H14N2O4S. The van der Waals surface area contributed by atoms with Gasteiger partial charge in [0.15, 0.2) is 6.04 Å². The topological polar surface area (TPSA) is 92.9 Å². The molecule has 18 heavy (non-hydrogen) atoms. The molecule has 2 unspecified atom stereocenters. The fraction of sp³-hybridized carbons (Fsp3) is 0.455. The Morgan fingerprint density at radius 1 is 1.61 bits per heavy atom. The number of nitrogens with two attached hydrogens (primary N) is 1. The van der Waals surface area contributed by atoms with E-state index >= 15 is 0 Å². The third kappa shape index (κ3) is 2.53. The number of rotatable bonds is 3. The quantitative estimate of drug-likeness (QED) is 0.810. The zero-order valence-electron chi connectivity index (χ0n) is 9.61. The van der Waals surface area contributed by atoms with Gasteiger partial charge in [0.25, 0.3) is 0 Å². The Labute approximate surface area is 108 Å². The van der Waals surface area contributed by atoms with Crippen LogP contribution in [0, 0.1) is 0 Å². The highest BCUT2D eigenvalue weighted by molar-refractivity contribution is 7.10. The largest absolute Gasteiger partial charge is 0.480 e. The molecule has 1 aromatic heterocycles. The molecule has 1 aromatic rings. The van der Waals surface area contributed by atoms with Crippen LogP contribution in [0.3, 0.4) is 0 Å². The molecule has 0 spiro atoms. The summed E-state index contributed by atoms with van der Waals surface area (Å²) < 4.78 is 5.08. The average Bonchev–Trinajstić information content (AvgIpc) is 2.90. The van der Waals surface area contributed by atoms with Crippen molar-refractivity contribution in [1.29, 1.82) is 0 Å². The van der Waals surface area contributed by atoms with Crippen LogP contribution in [0.15, 0.2) is 17.5 Å². The minimum absolute atomic E-state index is 0.0121. The molecule has 1 amide bonds. The molecule has 1 fully saturated rings. The summed E-state index contributed by atoms with van der Waals surface area (Å²) >= 11 is 1.38. The molecule has 1 aliphatic rings. The molecular weight excluding hydrogens is 256 g/mol. The lowest BCUT2D eigenvalue weighted by Gasteiger charge is -2.34. The Balaban J connectivity index is 2.13. The van der Waals surface area contributed by atoms with Gasteiger partial charge in [-0.2, -0.15) is 0 Å². The van der Waals surface area contributed by atoms with Gasteiger partial charge in [0.1, 0.15) is 6.04 Å². The van der Waals surface area contributed by atoms with E-state index in [1.807, 2.05) is 5.38 Å². The van der Waals surface area contributed by atoms with Gasteiger partial charge < -0.3 is 20.5 Å². The zero-order chi connectivity index (χ0) is 13.1. The van der Waals surface area contributed by atoms with E-state index in [0.717, 1.165) is 4.88 Å². The summed E-state index contributed by atoms with van der Waals surface area (Å²) in [6.07, 6.45) is 0. The lowest BCUT2D eigenvalue weighted by molar-refractivity contribution is -0.158. The summed E-state index contributed by atoms with van der Waals surface area (Å²) in [6, 6.07) is 1.83. The molecule has 0 aliphatic carbocycles. The van der Waals surface area contributed by atoms with Gasteiger partial charge in [0.2, 0.25) is 5.91 Å². The molecule has 2 atom stereocenters. The normalized spacial score (nSPS) is 21.6. The van der Waals surface area contributed by atoms with Crippen LogP contribution in [0.4, 0.5) is 0 Å². The van der Waals surface area contributed by atoms with E-state index < -0.39 is 18.1 Å². The molecule has 0 bridgehead atoms. The second-order valence-electron chi connectivity index (χ2n) is 3.95. The standard InChI is InChI=1S/C11H14N2O4S/c12-9(8-2-1-5-18-8)10(14)13-3-4-17-6-7(13)11(15)16/h1-2,5,7,9H,3-4,6,12H2,(H,15,16). The van der Waals surface area contributed by atoms with E-state index in [2.05, 4.69) is 0 Å². The van der Waals surface area contributed by atoms with Crippen molar-refractivity contribution < 1.29 is 19.4 Å². The van der Waals surface area contributed by atoms with Crippen LogP contribution in [0.5, 0.6) is 0 Å². The van der Waals surface area contributed by atoms with Gasteiger partial charge in [0, 0.05) is 11.4 Å². The van der Waals surface area contributed by atoms with Crippen LogP contribution in [-0.4, -0.2) is 47.7 Å². The predicted octanol–water partition coefficient (Wildman–Crippen LogP) is 0.0599. The Morgan fingerprint density at radius 3 is 3.00 bits per heavy atom. The Kier molecular flexibility index (Phi) is 3.95. The highest BCUT2D eigenvalue weighted by Crippen LogP contribution is 2.21. The third-order valence-electron chi connectivity index (χ3n) is 2.81. The van der Waals surface area contributed by atoms with E-state index in [1.54, 1.807) is 12.1 Å². The molecule has 2 heterocycles. The third-order valence-corrected chi connectivity index (χ3v) is 3.77. The molecule has 6 nitrogen and oxygen atoms in total. The average molecular weight is 270 g/mol. The van der Waals surface area contributed by atoms with E-state index in [4.69, 9.17) is 15.6 Å². The first kappa shape index (κ1) is 13.0. The molecule has 2 rings (SSSR count). The van der Waals surface area contributed by atoms with Gasteiger partial charge in [-0.25, -0.2) is 4.79 Å². The first-order chi connectivity index (χ1) is 8.61. The monoisotopic (exact) mass is 270 g/mol. The first-order valence-electron chi connectivity index (χ1n) is 5.51. The Bertz CT molecular complexity index is 434. The van der Waals surface area contributed by atoms with Crippen LogP contribution < -0.4 is 5.73 Å². The van der Waals surface area contributed by atoms with E-state index in [0.29, 0.717) is 6.61 Å². The number of amides is 1. The second-order valence-corrected chi connectivity index (χ2v) is 4.93. The first-order valence-corrected chi connectivity index (χ1v) is 6.39. The zero-order valence-corrected chi connectivity index (χ0v) is 10.4. The Morgan fingerprint density at radius 2 is 2.39 bits per heavy atom. The number of ether oxygens (including phenoxy) is 1. The highest BCUT2D eigenvalue weighted by atomic mass is 32.1. The summed E-state index contributed by atoms with van der Waals surface area (Å²) in [6.45, 7) is 0.611. The minimum atomic E-state index is -1.07. The number of aliphatic carboxylic acids is 1. The predicted molar refractivity (Wildman–Crippen MR) is 65.2 cm³/mol. The molecule has 1 aliphatic heterocycles. The second kappa shape index (κ2) is 5.47. The molecule has 3 N–H and O–H groups in total. The highest BCUT2D eigenvalue weighted by Gasteiger charge is 2.35. The van der Waals surface area contributed by atoms with Gasteiger partial charge in [-0.05, 0) is 11.4 Å². The molecule has 98 valence electrons. The van der Waals surface area contributed by atoms with Gasteiger partial charge in [-0.15, -0.1) is 11.3 Å². The van der Waals surface area contributed by atoms with Crippen LogP contribution in [0.1, 0.15) is 10.9 Å². The lowest BCUT2D eigenvalue weighted by atomic mass is 10.1. The van der Waals surface area contributed by atoms with Crippen molar-refractivity contribution in [1.82, 2.24) is 4.90 Å². The van der Waals surface area contributed by atoms with Crippen molar-refractivity contribution in [3.05, 3.63) is 22.4 Å². The number of thiophene rings is 1. The number of hydrogen-bond donors (Lipinski definition) is 2. The van der Waals surface area contributed by atoms with E-state index in [9.17, 15) is 9.59 Å². The molecule has 7 heteroatoms. The van der Waals surface area contributed by atoms with Crippen LogP contribution in [0.2, 0.25) is 0 Å². The Hall–Kier alpha value is -1.44. The number of nitrogens with zero attached hydrogens (tertiary/aromatic N) is 1. The van der Waals surface area contributed by atoms with Crippen molar-refractivity contribution in [3.8, 4) is 0 Å². The van der Waals surface area contributed by atoms with Gasteiger partial charge in [-0.3, -0.25) is 4.79 Å². The van der Waals surface area contributed by atoms with Crippen LogP contribution in [-0.2, 0) is 14.3 Å². The van der Waals surface area contributed by atoms with Gasteiger partial charge in [-0.1, -0.05) is 6.07 Å². The van der Waals surface area contributed by atoms with E-state index in [-0.39, 0.29) is 19.1 Å². The molecule has 0 radical (unpaired) electrons. The van der Waals surface area contributed by atoms with Crippen molar-refractivity contribution in [2.75, 3.05) is 19.8 Å². The number of carbonyl (C=O) groups excluding carboxylic acids is 1. The van der Waals surface area contributed by atoms with Crippen molar-refractivity contribution in [2.45, 2.75) is 12.1 Å². The molecule has 0 aromatic carbocycles. The van der Waals surface area contributed by atoms with Crippen LogP contribution >= 0.6 is 11.3 Å². The smallest absolute Gasteiger partial charge is 0.328 e. The number of carboxylic acids is 1. The number of carbonyl (C=O) groups is 2. The summed E-state index contributed by atoms with van der Waals surface area (Å²) in [7, 11) is 0. The van der Waals surface area contributed by atoms with Crippen molar-refractivity contribution in [3.63, 3.8) is 0 Å². The van der Waals surface area contributed by atoms with Gasteiger partial charge in [0.05, 0.1) is 13.2 Å². The van der Waals surface area contributed by atoms with Gasteiger partial charge >= 0.3 is 5.97 Å².